The van der Waals surface area contributed by atoms with Gasteiger partial charge in [0.05, 0.1) is 0 Å². The number of carbonyl (C=O) groups is 1. The van der Waals surface area contributed by atoms with E-state index in [4.69, 9.17) is 5.26 Å². The third-order valence-corrected chi connectivity index (χ3v) is 1.99. The molecule has 1 aromatic rings. The average Bonchev–Trinajstić information content (AvgIpc) is 2.28. The first-order valence-corrected chi connectivity index (χ1v) is 4.81. The highest BCUT2D eigenvalue weighted by Crippen LogP contribution is 2.02. The standard InChI is InChI=1S/C11H13N3O/c1-3-7-14(2)11(15)10-6-4-5-9(8-12)13-10/h4-6H,3,7H2,1-2H3. The number of hydrogen-bond acceptors (Lipinski definition) is 3. The molecule has 0 aromatic carbocycles. The van der Waals surface area contributed by atoms with E-state index in [1.165, 1.54) is 0 Å². The molecule has 4 nitrogen and oxygen atoms in total. The Morgan fingerprint density at radius 1 is 1.60 bits per heavy atom. The minimum absolute atomic E-state index is 0.144. The lowest BCUT2D eigenvalue weighted by Gasteiger charge is -2.15. The quantitative estimate of drug-likeness (QED) is 0.746. The van der Waals surface area contributed by atoms with Gasteiger partial charge in [-0.25, -0.2) is 4.98 Å². The van der Waals surface area contributed by atoms with Gasteiger partial charge in [-0.3, -0.25) is 4.79 Å². The molecule has 0 radical (unpaired) electrons. The average molecular weight is 203 g/mol. The van der Waals surface area contributed by atoms with Crippen LogP contribution in [-0.4, -0.2) is 29.4 Å². The first-order valence-electron chi connectivity index (χ1n) is 4.81. The van der Waals surface area contributed by atoms with Crippen molar-refractivity contribution in [3.8, 4) is 6.07 Å². The lowest BCUT2D eigenvalue weighted by Crippen LogP contribution is -2.28. The van der Waals surface area contributed by atoms with Crippen LogP contribution in [0.2, 0.25) is 0 Å². The number of nitriles is 1. The summed E-state index contributed by atoms with van der Waals surface area (Å²) in [5.74, 6) is -0.144. The van der Waals surface area contributed by atoms with E-state index in [0.29, 0.717) is 12.2 Å². The van der Waals surface area contributed by atoms with E-state index in [2.05, 4.69) is 4.98 Å². The molecule has 0 spiro atoms. The van der Waals surface area contributed by atoms with Gasteiger partial charge >= 0.3 is 0 Å². The summed E-state index contributed by atoms with van der Waals surface area (Å²) in [6.45, 7) is 2.69. The number of nitrogens with zero attached hydrogens (tertiary/aromatic N) is 3. The second kappa shape index (κ2) is 5.11. The van der Waals surface area contributed by atoms with E-state index in [1.54, 1.807) is 30.1 Å². The lowest BCUT2D eigenvalue weighted by atomic mass is 10.3. The van der Waals surface area contributed by atoms with E-state index in [-0.39, 0.29) is 11.6 Å². The Balaban J connectivity index is 2.87. The van der Waals surface area contributed by atoms with Gasteiger partial charge in [0.2, 0.25) is 0 Å². The van der Waals surface area contributed by atoms with Gasteiger partial charge < -0.3 is 4.90 Å². The fourth-order valence-electron chi connectivity index (χ4n) is 1.25. The van der Waals surface area contributed by atoms with E-state index < -0.39 is 0 Å². The Bertz CT molecular complexity index is 395. The predicted molar refractivity (Wildman–Crippen MR) is 56.2 cm³/mol. The van der Waals surface area contributed by atoms with Crippen LogP contribution < -0.4 is 0 Å². The molecule has 1 rings (SSSR count). The molecular formula is C11H13N3O. The molecule has 0 aliphatic rings. The van der Waals surface area contributed by atoms with Crippen molar-refractivity contribution in [3.05, 3.63) is 29.6 Å². The van der Waals surface area contributed by atoms with Crippen molar-refractivity contribution >= 4 is 5.91 Å². The molecular weight excluding hydrogens is 190 g/mol. The fourth-order valence-corrected chi connectivity index (χ4v) is 1.25. The van der Waals surface area contributed by atoms with Gasteiger partial charge in [0, 0.05) is 13.6 Å². The zero-order chi connectivity index (χ0) is 11.3. The second-order valence-electron chi connectivity index (χ2n) is 3.25. The van der Waals surface area contributed by atoms with Crippen LogP contribution in [-0.2, 0) is 0 Å². The molecule has 0 atom stereocenters. The maximum Gasteiger partial charge on any atom is 0.272 e. The van der Waals surface area contributed by atoms with Gasteiger partial charge in [-0.15, -0.1) is 0 Å². The van der Waals surface area contributed by atoms with Gasteiger partial charge in [0.1, 0.15) is 17.5 Å². The van der Waals surface area contributed by atoms with Crippen molar-refractivity contribution in [2.24, 2.45) is 0 Å². The van der Waals surface area contributed by atoms with E-state index >= 15 is 0 Å². The highest BCUT2D eigenvalue weighted by atomic mass is 16.2. The van der Waals surface area contributed by atoms with Gasteiger partial charge in [-0.2, -0.15) is 5.26 Å². The number of pyridine rings is 1. The van der Waals surface area contributed by atoms with Crippen molar-refractivity contribution in [2.75, 3.05) is 13.6 Å². The maximum absolute atomic E-state index is 11.8. The number of aromatic nitrogens is 1. The molecule has 78 valence electrons. The van der Waals surface area contributed by atoms with Crippen molar-refractivity contribution in [3.63, 3.8) is 0 Å². The van der Waals surface area contributed by atoms with Crippen LogP contribution in [0.15, 0.2) is 18.2 Å². The molecule has 0 bridgehead atoms. The minimum Gasteiger partial charge on any atom is -0.340 e. The van der Waals surface area contributed by atoms with Gasteiger partial charge in [-0.1, -0.05) is 13.0 Å². The summed E-state index contributed by atoms with van der Waals surface area (Å²) in [6, 6.07) is 6.78. The topological polar surface area (TPSA) is 57.0 Å². The molecule has 0 aliphatic heterocycles. The molecule has 1 aromatic heterocycles. The number of carbonyl (C=O) groups excluding carboxylic acids is 1. The first kappa shape index (κ1) is 11.2. The molecule has 1 amide bonds. The number of amides is 1. The van der Waals surface area contributed by atoms with Crippen LogP contribution >= 0.6 is 0 Å². The van der Waals surface area contributed by atoms with Crippen LogP contribution in [0.25, 0.3) is 0 Å². The maximum atomic E-state index is 11.8. The Hall–Kier alpha value is -1.89. The number of rotatable bonds is 3. The smallest absolute Gasteiger partial charge is 0.272 e. The van der Waals surface area contributed by atoms with Gasteiger partial charge in [0.15, 0.2) is 0 Å². The van der Waals surface area contributed by atoms with Crippen molar-refractivity contribution in [1.29, 1.82) is 5.26 Å². The summed E-state index contributed by atoms with van der Waals surface area (Å²) < 4.78 is 0. The van der Waals surface area contributed by atoms with Crippen molar-refractivity contribution < 1.29 is 4.79 Å². The Morgan fingerprint density at radius 2 is 2.33 bits per heavy atom. The summed E-state index contributed by atoms with van der Waals surface area (Å²) in [7, 11) is 1.73. The monoisotopic (exact) mass is 203 g/mol. The van der Waals surface area contributed by atoms with E-state index in [0.717, 1.165) is 6.42 Å². The van der Waals surface area contributed by atoms with Crippen LogP contribution in [0, 0.1) is 11.3 Å². The largest absolute Gasteiger partial charge is 0.340 e. The molecule has 0 aliphatic carbocycles. The third kappa shape index (κ3) is 2.78. The Morgan fingerprint density at radius 3 is 2.93 bits per heavy atom. The summed E-state index contributed by atoms with van der Waals surface area (Å²) >= 11 is 0. The van der Waals surface area contributed by atoms with Crippen LogP contribution in [0.4, 0.5) is 0 Å². The van der Waals surface area contributed by atoms with Crippen molar-refractivity contribution in [1.82, 2.24) is 9.88 Å². The van der Waals surface area contributed by atoms with Gasteiger partial charge in [-0.05, 0) is 18.6 Å². The normalized spacial score (nSPS) is 9.40. The highest BCUT2D eigenvalue weighted by molar-refractivity contribution is 5.92. The molecule has 4 heteroatoms. The summed E-state index contributed by atoms with van der Waals surface area (Å²) in [5.41, 5.74) is 0.593. The second-order valence-corrected chi connectivity index (χ2v) is 3.25. The Labute approximate surface area is 89.2 Å². The molecule has 0 unspecified atom stereocenters. The third-order valence-electron chi connectivity index (χ3n) is 1.99. The lowest BCUT2D eigenvalue weighted by molar-refractivity contribution is 0.0789. The molecule has 0 N–H and O–H groups in total. The minimum atomic E-state index is -0.144. The highest BCUT2D eigenvalue weighted by Gasteiger charge is 2.12. The first-order chi connectivity index (χ1) is 7.19. The Kier molecular flexibility index (Phi) is 3.81. The van der Waals surface area contributed by atoms with Crippen LogP contribution in [0.3, 0.4) is 0 Å². The predicted octanol–water partition coefficient (Wildman–Crippen LogP) is 1.44. The number of hydrogen-bond donors (Lipinski definition) is 0. The molecule has 1 heterocycles. The molecule has 0 saturated heterocycles. The summed E-state index contributed by atoms with van der Waals surface area (Å²) in [5, 5.41) is 8.65. The fraction of sp³-hybridized carbons (Fsp3) is 0.364. The van der Waals surface area contributed by atoms with E-state index in [1.807, 2.05) is 13.0 Å². The molecule has 0 saturated carbocycles. The van der Waals surface area contributed by atoms with Crippen LogP contribution in [0.5, 0.6) is 0 Å². The van der Waals surface area contributed by atoms with Crippen LogP contribution in [0.1, 0.15) is 29.5 Å². The SMILES string of the molecule is CCCN(C)C(=O)c1cccc(C#N)n1. The summed E-state index contributed by atoms with van der Waals surface area (Å²) in [4.78, 5) is 17.3. The molecule has 0 fully saturated rings. The zero-order valence-electron chi connectivity index (χ0n) is 8.90. The van der Waals surface area contributed by atoms with E-state index in [9.17, 15) is 4.79 Å². The zero-order valence-corrected chi connectivity index (χ0v) is 8.90. The molecule has 15 heavy (non-hydrogen) atoms. The summed E-state index contributed by atoms with van der Waals surface area (Å²) in [6.07, 6.45) is 0.903. The van der Waals surface area contributed by atoms with Gasteiger partial charge in [0.25, 0.3) is 5.91 Å². The van der Waals surface area contributed by atoms with Crippen molar-refractivity contribution in [2.45, 2.75) is 13.3 Å².